The quantitative estimate of drug-likeness (QED) is 0.763. The molecule has 1 aromatic rings. The Morgan fingerprint density at radius 3 is 2.65 bits per heavy atom. The molecule has 2 rings (SSSR count). The molecule has 1 aromatic carbocycles. The number of aliphatic hydroxyl groups excluding tert-OH is 1. The highest BCUT2D eigenvalue weighted by Crippen LogP contribution is 2.39. The Kier molecular flexibility index (Phi) is 5.40. The van der Waals surface area contributed by atoms with Crippen LogP contribution in [0.3, 0.4) is 0 Å². The van der Waals surface area contributed by atoms with Crippen molar-refractivity contribution in [1.29, 1.82) is 0 Å². The fourth-order valence-corrected chi connectivity index (χ4v) is 2.86. The first-order valence-electron chi connectivity index (χ1n) is 7.48. The first-order valence-corrected chi connectivity index (χ1v) is 7.48. The van der Waals surface area contributed by atoms with Crippen LogP contribution < -0.4 is 10.5 Å². The van der Waals surface area contributed by atoms with Crippen molar-refractivity contribution < 1.29 is 9.84 Å². The maximum Gasteiger partial charge on any atom is 0.123 e. The summed E-state index contributed by atoms with van der Waals surface area (Å²) in [6, 6.07) is 8.77. The first-order chi connectivity index (χ1) is 9.72. The lowest BCUT2D eigenvalue weighted by Gasteiger charge is -2.36. The molecule has 2 atom stereocenters. The number of rotatable bonds is 8. The van der Waals surface area contributed by atoms with Gasteiger partial charge in [-0.25, -0.2) is 0 Å². The highest BCUT2D eigenvalue weighted by Gasteiger charge is 2.37. The van der Waals surface area contributed by atoms with Crippen molar-refractivity contribution in [2.45, 2.75) is 44.3 Å². The monoisotopic (exact) mass is 278 g/mol. The number of nitrogens with zero attached hydrogens (tertiary/aromatic N) is 1. The summed E-state index contributed by atoms with van der Waals surface area (Å²) in [5.74, 6) is 0.880. The molecule has 1 aliphatic rings. The maximum absolute atomic E-state index is 9.38. The number of methoxy groups -OCH3 is 1. The SMILES string of the molecule is CCC(N)C(c1ccccc1OC)N(CCO)C1CC1. The van der Waals surface area contributed by atoms with Crippen molar-refractivity contribution in [3.05, 3.63) is 29.8 Å². The molecule has 0 saturated heterocycles. The predicted molar refractivity (Wildman–Crippen MR) is 80.8 cm³/mol. The van der Waals surface area contributed by atoms with Crippen LogP contribution >= 0.6 is 0 Å². The van der Waals surface area contributed by atoms with Crippen LogP contribution in [0.5, 0.6) is 5.75 Å². The van der Waals surface area contributed by atoms with E-state index in [0.717, 1.165) is 17.7 Å². The van der Waals surface area contributed by atoms with Gasteiger partial charge in [0.25, 0.3) is 0 Å². The lowest BCUT2D eigenvalue weighted by molar-refractivity contribution is 0.122. The van der Waals surface area contributed by atoms with Crippen molar-refractivity contribution in [3.63, 3.8) is 0 Å². The van der Waals surface area contributed by atoms with Gasteiger partial charge in [0.2, 0.25) is 0 Å². The van der Waals surface area contributed by atoms with Gasteiger partial charge in [-0.3, -0.25) is 4.90 Å². The minimum absolute atomic E-state index is 0.0402. The van der Waals surface area contributed by atoms with Crippen LogP contribution in [-0.2, 0) is 0 Å². The molecule has 0 aromatic heterocycles. The molecule has 0 heterocycles. The molecule has 20 heavy (non-hydrogen) atoms. The number of ether oxygens (including phenoxy) is 1. The average Bonchev–Trinajstić information content (AvgIpc) is 3.31. The van der Waals surface area contributed by atoms with Gasteiger partial charge in [-0.1, -0.05) is 25.1 Å². The van der Waals surface area contributed by atoms with E-state index in [1.54, 1.807) is 7.11 Å². The number of benzene rings is 1. The summed E-state index contributed by atoms with van der Waals surface area (Å²) in [6.07, 6.45) is 3.29. The molecule has 2 unspecified atom stereocenters. The van der Waals surface area contributed by atoms with E-state index in [4.69, 9.17) is 10.5 Å². The molecule has 1 saturated carbocycles. The fourth-order valence-electron chi connectivity index (χ4n) is 2.86. The number of nitrogens with two attached hydrogens (primary N) is 1. The van der Waals surface area contributed by atoms with Gasteiger partial charge in [-0.05, 0) is 25.3 Å². The van der Waals surface area contributed by atoms with Crippen molar-refractivity contribution in [1.82, 2.24) is 4.90 Å². The summed E-state index contributed by atoms with van der Waals surface area (Å²) in [4.78, 5) is 2.35. The Hall–Kier alpha value is -1.10. The summed E-state index contributed by atoms with van der Waals surface area (Å²) in [5, 5.41) is 9.38. The van der Waals surface area contributed by atoms with Gasteiger partial charge >= 0.3 is 0 Å². The van der Waals surface area contributed by atoms with Gasteiger partial charge in [0.05, 0.1) is 19.8 Å². The second-order valence-corrected chi connectivity index (χ2v) is 5.45. The van der Waals surface area contributed by atoms with Crippen LogP contribution in [0.15, 0.2) is 24.3 Å². The molecule has 0 amide bonds. The van der Waals surface area contributed by atoms with E-state index >= 15 is 0 Å². The number of aliphatic hydroxyl groups is 1. The van der Waals surface area contributed by atoms with Crippen molar-refractivity contribution in [2.75, 3.05) is 20.3 Å². The highest BCUT2D eigenvalue weighted by atomic mass is 16.5. The third kappa shape index (κ3) is 3.32. The summed E-state index contributed by atoms with van der Waals surface area (Å²) >= 11 is 0. The van der Waals surface area contributed by atoms with E-state index in [1.165, 1.54) is 12.8 Å². The Labute approximate surface area is 121 Å². The number of hydrogen-bond donors (Lipinski definition) is 2. The average molecular weight is 278 g/mol. The van der Waals surface area contributed by atoms with Crippen LogP contribution in [0.4, 0.5) is 0 Å². The second kappa shape index (κ2) is 7.07. The van der Waals surface area contributed by atoms with Gasteiger partial charge in [-0.15, -0.1) is 0 Å². The largest absolute Gasteiger partial charge is 0.496 e. The van der Waals surface area contributed by atoms with Gasteiger partial charge in [0.1, 0.15) is 5.75 Å². The lowest BCUT2D eigenvalue weighted by atomic mass is 9.95. The summed E-state index contributed by atoms with van der Waals surface area (Å²) < 4.78 is 5.50. The minimum atomic E-state index is 0.0402. The van der Waals surface area contributed by atoms with Crippen LogP contribution in [-0.4, -0.2) is 42.4 Å². The molecule has 1 fully saturated rings. The van der Waals surface area contributed by atoms with E-state index in [2.05, 4.69) is 17.9 Å². The third-order valence-electron chi connectivity index (χ3n) is 4.07. The predicted octanol–water partition coefficient (Wildman–Crippen LogP) is 1.93. The molecule has 4 nitrogen and oxygen atoms in total. The van der Waals surface area contributed by atoms with Crippen LogP contribution in [0.1, 0.15) is 37.8 Å². The van der Waals surface area contributed by atoms with Crippen LogP contribution in [0.25, 0.3) is 0 Å². The first kappa shape index (κ1) is 15.3. The highest BCUT2D eigenvalue weighted by molar-refractivity contribution is 5.37. The van der Waals surface area contributed by atoms with Crippen LogP contribution in [0, 0.1) is 0 Å². The third-order valence-corrected chi connectivity index (χ3v) is 4.07. The van der Waals surface area contributed by atoms with Crippen molar-refractivity contribution in [2.24, 2.45) is 5.73 Å². The van der Waals surface area contributed by atoms with Gasteiger partial charge in [-0.2, -0.15) is 0 Å². The zero-order valence-corrected chi connectivity index (χ0v) is 12.5. The van der Waals surface area contributed by atoms with E-state index in [0.29, 0.717) is 12.6 Å². The number of hydrogen-bond acceptors (Lipinski definition) is 4. The van der Waals surface area contributed by atoms with E-state index in [1.807, 2.05) is 18.2 Å². The molecule has 3 N–H and O–H groups in total. The fraction of sp³-hybridized carbons (Fsp3) is 0.625. The van der Waals surface area contributed by atoms with E-state index in [9.17, 15) is 5.11 Å². The molecular formula is C16H26N2O2. The zero-order chi connectivity index (χ0) is 14.5. The van der Waals surface area contributed by atoms with Gasteiger partial charge < -0.3 is 15.6 Å². The molecule has 0 aliphatic heterocycles. The van der Waals surface area contributed by atoms with E-state index in [-0.39, 0.29) is 18.7 Å². The lowest BCUT2D eigenvalue weighted by Crippen LogP contribution is -2.43. The van der Waals surface area contributed by atoms with Crippen LogP contribution in [0.2, 0.25) is 0 Å². The minimum Gasteiger partial charge on any atom is -0.496 e. The Bertz CT molecular complexity index is 421. The molecular weight excluding hydrogens is 252 g/mol. The molecule has 1 aliphatic carbocycles. The molecule has 0 bridgehead atoms. The smallest absolute Gasteiger partial charge is 0.123 e. The van der Waals surface area contributed by atoms with Gasteiger partial charge in [0.15, 0.2) is 0 Å². The van der Waals surface area contributed by atoms with E-state index < -0.39 is 0 Å². The molecule has 112 valence electrons. The Balaban J connectivity index is 2.35. The molecule has 4 heteroatoms. The topological polar surface area (TPSA) is 58.7 Å². The maximum atomic E-state index is 9.38. The van der Waals surface area contributed by atoms with Gasteiger partial charge in [0, 0.05) is 24.2 Å². The van der Waals surface area contributed by atoms with Crippen molar-refractivity contribution >= 4 is 0 Å². The summed E-state index contributed by atoms with van der Waals surface area (Å²) in [6.45, 7) is 2.94. The standard InChI is InChI=1S/C16H26N2O2/c1-3-14(17)16(18(10-11-19)12-8-9-12)13-6-4-5-7-15(13)20-2/h4-7,12,14,16,19H,3,8-11,17H2,1-2H3. The molecule has 0 spiro atoms. The second-order valence-electron chi connectivity index (χ2n) is 5.45. The number of para-hydroxylation sites is 1. The van der Waals surface area contributed by atoms with Crippen molar-refractivity contribution in [3.8, 4) is 5.75 Å². The molecule has 0 radical (unpaired) electrons. The normalized spacial score (nSPS) is 18.1. The Morgan fingerprint density at radius 1 is 1.40 bits per heavy atom. The summed E-state index contributed by atoms with van der Waals surface area (Å²) in [7, 11) is 1.70. The Morgan fingerprint density at radius 2 is 2.10 bits per heavy atom. The zero-order valence-electron chi connectivity index (χ0n) is 12.5. The summed E-state index contributed by atoms with van der Waals surface area (Å²) in [5.41, 5.74) is 7.52.